The van der Waals surface area contributed by atoms with Gasteiger partial charge in [-0.15, -0.1) is 0 Å². The number of nitrogens with zero attached hydrogens (tertiary/aromatic N) is 2. The van der Waals surface area contributed by atoms with E-state index in [1.54, 1.807) is 0 Å². The molecule has 0 aromatic carbocycles. The highest BCUT2D eigenvalue weighted by Crippen LogP contribution is 2.27. The summed E-state index contributed by atoms with van der Waals surface area (Å²) < 4.78 is 0. The predicted octanol–water partition coefficient (Wildman–Crippen LogP) is 1.85. The van der Waals surface area contributed by atoms with Crippen LogP contribution in [0.4, 0.5) is 5.82 Å². The maximum Gasteiger partial charge on any atom is 0.239 e. The topological polar surface area (TPSA) is 66.9 Å². The van der Waals surface area contributed by atoms with Crippen LogP contribution in [0.1, 0.15) is 44.1 Å². The van der Waals surface area contributed by atoms with Crippen LogP contribution in [0.2, 0.25) is 0 Å². The predicted molar refractivity (Wildman–Crippen MR) is 75.1 cm³/mol. The van der Waals surface area contributed by atoms with Crippen LogP contribution in [0.3, 0.4) is 0 Å². The molecule has 104 valence electrons. The van der Waals surface area contributed by atoms with Crippen LogP contribution >= 0.6 is 0 Å². The SMILES string of the molecule is Cc1cc(NCC(=O)NCC2CC2)nc(C(C)C)n1. The molecule has 1 aliphatic carbocycles. The van der Waals surface area contributed by atoms with E-state index in [1.807, 2.05) is 13.0 Å². The lowest BCUT2D eigenvalue weighted by molar-refractivity contribution is -0.119. The van der Waals surface area contributed by atoms with E-state index in [2.05, 4.69) is 34.4 Å². The minimum Gasteiger partial charge on any atom is -0.361 e. The van der Waals surface area contributed by atoms with Gasteiger partial charge >= 0.3 is 0 Å². The third-order valence-corrected chi connectivity index (χ3v) is 3.10. The average molecular weight is 262 g/mol. The standard InChI is InChI=1S/C14H22N4O/c1-9(2)14-17-10(3)6-12(18-14)15-8-13(19)16-7-11-4-5-11/h6,9,11H,4-5,7-8H2,1-3H3,(H,16,19)(H,15,17,18). The average Bonchev–Trinajstić information content (AvgIpc) is 3.17. The van der Waals surface area contributed by atoms with Gasteiger partial charge in [0.1, 0.15) is 11.6 Å². The lowest BCUT2D eigenvalue weighted by atomic mass is 10.2. The van der Waals surface area contributed by atoms with Crippen molar-refractivity contribution in [1.29, 1.82) is 0 Å². The molecule has 2 N–H and O–H groups in total. The summed E-state index contributed by atoms with van der Waals surface area (Å²) in [7, 11) is 0. The second-order valence-corrected chi connectivity index (χ2v) is 5.51. The van der Waals surface area contributed by atoms with Gasteiger partial charge < -0.3 is 10.6 Å². The molecule has 1 amide bonds. The summed E-state index contributed by atoms with van der Waals surface area (Å²) in [6, 6.07) is 1.86. The van der Waals surface area contributed by atoms with Crippen molar-refractivity contribution >= 4 is 11.7 Å². The van der Waals surface area contributed by atoms with Crippen molar-refractivity contribution in [2.75, 3.05) is 18.4 Å². The summed E-state index contributed by atoms with van der Waals surface area (Å²) in [6.45, 7) is 7.12. The van der Waals surface area contributed by atoms with E-state index in [0.717, 1.165) is 23.9 Å². The first-order valence-electron chi connectivity index (χ1n) is 6.90. The molecule has 1 saturated carbocycles. The number of hydrogen-bond acceptors (Lipinski definition) is 4. The van der Waals surface area contributed by atoms with Crippen molar-refractivity contribution in [3.05, 3.63) is 17.6 Å². The van der Waals surface area contributed by atoms with E-state index in [4.69, 9.17) is 0 Å². The number of aromatic nitrogens is 2. The molecule has 0 aliphatic heterocycles. The Morgan fingerprint density at radius 3 is 2.79 bits per heavy atom. The molecule has 1 fully saturated rings. The highest BCUT2D eigenvalue weighted by Gasteiger charge is 2.21. The first kappa shape index (κ1) is 13.8. The number of carbonyl (C=O) groups excluding carboxylic acids is 1. The van der Waals surface area contributed by atoms with Crippen molar-refractivity contribution < 1.29 is 4.79 Å². The van der Waals surface area contributed by atoms with Crippen LogP contribution in [0.25, 0.3) is 0 Å². The third-order valence-electron chi connectivity index (χ3n) is 3.10. The van der Waals surface area contributed by atoms with Crippen LogP contribution < -0.4 is 10.6 Å². The first-order valence-corrected chi connectivity index (χ1v) is 6.90. The minimum absolute atomic E-state index is 0.0225. The molecule has 0 saturated heterocycles. The van der Waals surface area contributed by atoms with Gasteiger partial charge in [0, 0.05) is 24.2 Å². The zero-order valence-corrected chi connectivity index (χ0v) is 11.9. The van der Waals surface area contributed by atoms with E-state index < -0.39 is 0 Å². The van der Waals surface area contributed by atoms with Gasteiger partial charge in [-0.1, -0.05) is 13.8 Å². The van der Waals surface area contributed by atoms with Crippen molar-refractivity contribution in [3.8, 4) is 0 Å². The molecule has 19 heavy (non-hydrogen) atoms. The van der Waals surface area contributed by atoms with Gasteiger partial charge in [-0.3, -0.25) is 4.79 Å². The van der Waals surface area contributed by atoms with Crippen molar-refractivity contribution in [1.82, 2.24) is 15.3 Å². The van der Waals surface area contributed by atoms with Crippen molar-refractivity contribution in [3.63, 3.8) is 0 Å². The molecule has 5 heteroatoms. The minimum atomic E-state index is 0.0225. The van der Waals surface area contributed by atoms with Gasteiger partial charge in [0.15, 0.2) is 0 Å². The molecule has 1 heterocycles. The monoisotopic (exact) mass is 262 g/mol. The van der Waals surface area contributed by atoms with Crippen LogP contribution in [0, 0.1) is 12.8 Å². The normalized spacial score (nSPS) is 14.5. The largest absolute Gasteiger partial charge is 0.361 e. The Hall–Kier alpha value is -1.65. The van der Waals surface area contributed by atoms with Crippen LogP contribution in [0.15, 0.2) is 6.07 Å². The fourth-order valence-corrected chi connectivity index (χ4v) is 1.75. The highest BCUT2D eigenvalue weighted by molar-refractivity contribution is 5.80. The number of rotatable bonds is 6. The van der Waals surface area contributed by atoms with Gasteiger partial charge in [0.05, 0.1) is 6.54 Å². The zero-order valence-electron chi connectivity index (χ0n) is 11.9. The molecule has 1 aromatic rings. The van der Waals surface area contributed by atoms with Gasteiger partial charge in [-0.2, -0.15) is 0 Å². The molecular weight excluding hydrogens is 240 g/mol. The number of anilines is 1. The molecule has 5 nitrogen and oxygen atoms in total. The van der Waals surface area contributed by atoms with Gasteiger partial charge in [0.25, 0.3) is 0 Å². The number of hydrogen-bond donors (Lipinski definition) is 2. The second-order valence-electron chi connectivity index (χ2n) is 5.51. The molecular formula is C14H22N4O. The van der Waals surface area contributed by atoms with E-state index in [9.17, 15) is 4.79 Å². The summed E-state index contributed by atoms with van der Waals surface area (Å²) >= 11 is 0. The van der Waals surface area contributed by atoms with Gasteiger partial charge in [-0.25, -0.2) is 9.97 Å². The molecule has 1 aliphatic rings. The van der Waals surface area contributed by atoms with Crippen molar-refractivity contribution in [2.24, 2.45) is 5.92 Å². The molecule has 0 unspecified atom stereocenters. The van der Waals surface area contributed by atoms with E-state index >= 15 is 0 Å². The molecule has 1 aromatic heterocycles. The Morgan fingerprint density at radius 1 is 1.42 bits per heavy atom. The van der Waals surface area contributed by atoms with Gasteiger partial charge in [0.2, 0.25) is 5.91 Å². The van der Waals surface area contributed by atoms with E-state index in [0.29, 0.717) is 5.92 Å². The Balaban J connectivity index is 1.85. The number of carbonyl (C=O) groups is 1. The van der Waals surface area contributed by atoms with Crippen LogP contribution in [0.5, 0.6) is 0 Å². The Kier molecular flexibility index (Phi) is 4.35. The van der Waals surface area contributed by atoms with Crippen LogP contribution in [-0.2, 0) is 4.79 Å². The fourth-order valence-electron chi connectivity index (χ4n) is 1.75. The molecule has 0 spiro atoms. The molecule has 0 bridgehead atoms. The van der Waals surface area contributed by atoms with Crippen LogP contribution in [-0.4, -0.2) is 29.0 Å². The lowest BCUT2D eigenvalue weighted by Crippen LogP contribution is -2.31. The Morgan fingerprint density at radius 2 is 2.16 bits per heavy atom. The quantitative estimate of drug-likeness (QED) is 0.821. The van der Waals surface area contributed by atoms with E-state index in [-0.39, 0.29) is 18.4 Å². The fraction of sp³-hybridized carbons (Fsp3) is 0.643. The summed E-state index contributed by atoms with van der Waals surface area (Å²) in [5, 5.41) is 5.98. The van der Waals surface area contributed by atoms with Crippen molar-refractivity contribution in [2.45, 2.75) is 39.5 Å². The highest BCUT2D eigenvalue weighted by atomic mass is 16.1. The Bertz CT molecular complexity index is 455. The zero-order chi connectivity index (χ0) is 13.8. The smallest absolute Gasteiger partial charge is 0.239 e. The molecule has 0 radical (unpaired) electrons. The summed E-state index contributed by atoms with van der Waals surface area (Å²) in [5.41, 5.74) is 0.916. The first-order chi connectivity index (χ1) is 9.04. The number of amides is 1. The second kappa shape index (κ2) is 5.99. The molecule has 0 atom stereocenters. The third kappa shape index (κ3) is 4.50. The summed E-state index contributed by atoms with van der Waals surface area (Å²) in [5.74, 6) is 2.54. The maximum atomic E-state index is 11.6. The molecule has 2 rings (SSSR count). The summed E-state index contributed by atoms with van der Waals surface area (Å²) in [6.07, 6.45) is 2.49. The maximum absolute atomic E-state index is 11.6. The summed E-state index contributed by atoms with van der Waals surface area (Å²) in [4.78, 5) is 20.4. The Labute approximate surface area is 114 Å². The van der Waals surface area contributed by atoms with E-state index in [1.165, 1.54) is 12.8 Å². The number of aryl methyl sites for hydroxylation is 1. The van der Waals surface area contributed by atoms with Gasteiger partial charge in [-0.05, 0) is 25.7 Å². The number of nitrogens with one attached hydrogen (secondary N) is 2. The lowest BCUT2D eigenvalue weighted by Gasteiger charge is -2.10.